The van der Waals surface area contributed by atoms with Crippen molar-refractivity contribution in [3.8, 4) is 0 Å². The van der Waals surface area contributed by atoms with Crippen LogP contribution in [0.2, 0.25) is 0 Å². The van der Waals surface area contributed by atoms with Crippen LogP contribution in [0.3, 0.4) is 0 Å². The van der Waals surface area contributed by atoms with Crippen molar-refractivity contribution < 1.29 is 9.90 Å². The average Bonchev–Trinajstić information content (AvgIpc) is 2.16. The number of rotatable bonds is 1. The molecule has 0 fully saturated rings. The summed E-state index contributed by atoms with van der Waals surface area (Å²) in [4.78, 5) is 10.8. The standard InChI is InChI=1S/C9H4Br4O2/c10-8(11)5-2-1-4(7(14)15)3-6(5)9(8,12)13/h1-3H,(H,14,15). The van der Waals surface area contributed by atoms with E-state index in [0.29, 0.717) is 0 Å². The molecule has 0 unspecified atom stereocenters. The van der Waals surface area contributed by atoms with Gasteiger partial charge in [0, 0.05) is 0 Å². The lowest BCUT2D eigenvalue weighted by molar-refractivity contribution is 0.0696. The molecule has 80 valence electrons. The number of hydrogen-bond acceptors (Lipinski definition) is 1. The topological polar surface area (TPSA) is 37.3 Å². The molecule has 6 heteroatoms. The van der Waals surface area contributed by atoms with E-state index in [1.54, 1.807) is 18.2 Å². The van der Waals surface area contributed by atoms with Gasteiger partial charge in [0.2, 0.25) is 0 Å². The molecule has 2 nitrogen and oxygen atoms in total. The van der Waals surface area contributed by atoms with Gasteiger partial charge in [-0.15, -0.1) is 0 Å². The van der Waals surface area contributed by atoms with Gasteiger partial charge in [-0.1, -0.05) is 69.8 Å². The number of alkyl halides is 4. The van der Waals surface area contributed by atoms with E-state index in [1.807, 2.05) is 0 Å². The Morgan fingerprint density at radius 2 is 1.60 bits per heavy atom. The van der Waals surface area contributed by atoms with Crippen LogP contribution in [0.25, 0.3) is 0 Å². The number of fused-ring (bicyclic) bond motifs is 1. The number of carbonyl (C=O) groups is 1. The Morgan fingerprint density at radius 1 is 1.07 bits per heavy atom. The van der Waals surface area contributed by atoms with Gasteiger partial charge in [-0.25, -0.2) is 4.79 Å². The van der Waals surface area contributed by atoms with Crippen LogP contribution in [0.4, 0.5) is 0 Å². The molecule has 1 aromatic carbocycles. The van der Waals surface area contributed by atoms with Gasteiger partial charge >= 0.3 is 5.97 Å². The Bertz CT molecular complexity index is 453. The van der Waals surface area contributed by atoms with Crippen molar-refractivity contribution in [3.63, 3.8) is 0 Å². The third kappa shape index (κ3) is 1.56. The summed E-state index contributed by atoms with van der Waals surface area (Å²) in [5.74, 6) is -0.921. The van der Waals surface area contributed by atoms with Crippen molar-refractivity contribution in [2.45, 2.75) is 6.47 Å². The number of hydrogen-bond donors (Lipinski definition) is 1. The first kappa shape index (κ1) is 12.1. The molecule has 0 saturated carbocycles. The van der Waals surface area contributed by atoms with Crippen molar-refractivity contribution in [2.24, 2.45) is 0 Å². The Balaban J connectivity index is 2.59. The minimum Gasteiger partial charge on any atom is -0.478 e. The van der Waals surface area contributed by atoms with Crippen molar-refractivity contribution >= 4 is 69.7 Å². The first-order valence-corrected chi connectivity index (χ1v) is 7.09. The van der Waals surface area contributed by atoms with Gasteiger partial charge in [-0.2, -0.15) is 0 Å². The summed E-state index contributed by atoms with van der Waals surface area (Å²) in [6, 6.07) is 5.04. The number of benzene rings is 1. The molecule has 0 heterocycles. The Kier molecular flexibility index (Phi) is 2.86. The minimum atomic E-state index is -0.921. The highest BCUT2D eigenvalue weighted by molar-refractivity contribution is 9.29. The molecule has 1 aromatic rings. The smallest absolute Gasteiger partial charge is 0.335 e. The minimum absolute atomic E-state index is 0.285. The zero-order valence-electron chi connectivity index (χ0n) is 7.10. The number of halogens is 4. The number of carboxylic acid groups (broad SMARTS) is 1. The molecule has 1 aliphatic rings. The van der Waals surface area contributed by atoms with Crippen LogP contribution < -0.4 is 0 Å². The molecular weight excluding hydrogens is 460 g/mol. The van der Waals surface area contributed by atoms with Crippen molar-refractivity contribution in [2.75, 3.05) is 0 Å². The largest absolute Gasteiger partial charge is 0.478 e. The SMILES string of the molecule is O=C(O)c1ccc2c(c1)C(Br)(Br)C2(Br)Br. The van der Waals surface area contributed by atoms with Crippen LogP contribution in [-0.4, -0.2) is 11.1 Å². The molecule has 15 heavy (non-hydrogen) atoms. The maximum atomic E-state index is 10.8. The fourth-order valence-electron chi connectivity index (χ4n) is 1.49. The summed E-state index contributed by atoms with van der Waals surface area (Å²) in [6.07, 6.45) is 0. The summed E-state index contributed by atoms with van der Waals surface area (Å²) in [5.41, 5.74) is 2.21. The Morgan fingerprint density at radius 3 is 2.13 bits per heavy atom. The van der Waals surface area contributed by atoms with Crippen LogP contribution in [0.1, 0.15) is 21.5 Å². The molecule has 0 aliphatic heterocycles. The molecule has 1 N–H and O–H groups in total. The van der Waals surface area contributed by atoms with Crippen LogP contribution in [0.5, 0.6) is 0 Å². The molecular formula is C9H4Br4O2. The molecule has 0 spiro atoms. The van der Waals surface area contributed by atoms with Crippen molar-refractivity contribution in [1.29, 1.82) is 0 Å². The molecule has 0 bridgehead atoms. The van der Waals surface area contributed by atoms with Crippen LogP contribution in [0.15, 0.2) is 18.2 Å². The highest BCUT2D eigenvalue weighted by Crippen LogP contribution is 2.70. The lowest BCUT2D eigenvalue weighted by atomic mass is 9.86. The van der Waals surface area contributed by atoms with Gasteiger partial charge in [0.05, 0.1) is 5.56 Å². The molecule has 0 saturated heterocycles. The van der Waals surface area contributed by atoms with E-state index in [-0.39, 0.29) is 5.56 Å². The molecule has 0 aromatic heterocycles. The highest BCUT2D eigenvalue weighted by atomic mass is 79.9. The van der Waals surface area contributed by atoms with Gasteiger partial charge in [0.1, 0.15) is 6.47 Å². The molecule has 2 rings (SSSR count). The quantitative estimate of drug-likeness (QED) is 0.631. The highest BCUT2D eigenvalue weighted by Gasteiger charge is 2.58. The maximum Gasteiger partial charge on any atom is 0.335 e. The fourth-order valence-corrected chi connectivity index (χ4v) is 3.69. The van der Waals surface area contributed by atoms with E-state index in [2.05, 4.69) is 63.7 Å². The summed E-state index contributed by atoms with van der Waals surface area (Å²) >= 11 is 14.0. The number of aromatic carboxylic acids is 1. The summed E-state index contributed by atoms with van der Waals surface area (Å²) in [7, 11) is 0. The van der Waals surface area contributed by atoms with E-state index in [1.165, 1.54) is 0 Å². The van der Waals surface area contributed by atoms with Crippen molar-refractivity contribution in [1.82, 2.24) is 0 Å². The molecule has 0 amide bonds. The van der Waals surface area contributed by atoms with Gasteiger partial charge in [0.25, 0.3) is 0 Å². The summed E-state index contributed by atoms with van der Waals surface area (Å²) < 4.78 is -0.882. The van der Waals surface area contributed by atoms with Gasteiger partial charge in [-0.05, 0) is 23.3 Å². The van der Waals surface area contributed by atoms with Gasteiger partial charge in [0.15, 0.2) is 0 Å². The van der Waals surface area contributed by atoms with E-state index in [9.17, 15) is 4.79 Å². The van der Waals surface area contributed by atoms with Crippen LogP contribution in [-0.2, 0) is 6.47 Å². The summed E-state index contributed by atoms with van der Waals surface area (Å²) in [5, 5.41) is 8.87. The third-order valence-corrected chi connectivity index (χ3v) is 8.55. The van der Waals surface area contributed by atoms with E-state index in [4.69, 9.17) is 5.11 Å². The lowest BCUT2D eigenvalue weighted by Gasteiger charge is -2.47. The predicted octanol–water partition coefficient (Wildman–Crippen LogP) is 4.28. The van der Waals surface area contributed by atoms with Gasteiger partial charge in [-0.3, -0.25) is 0 Å². The van der Waals surface area contributed by atoms with E-state index >= 15 is 0 Å². The second-order valence-corrected chi connectivity index (χ2v) is 10.1. The molecule has 1 aliphatic carbocycles. The maximum absolute atomic E-state index is 10.8. The number of carboxylic acids is 1. The van der Waals surface area contributed by atoms with Crippen LogP contribution >= 0.6 is 63.7 Å². The first-order chi connectivity index (χ1) is 6.78. The van der Waals surface area contributed by atoms with Crippen molar-refractivity contribution in [3.05, 3.63) is 34.9 Å². The normalized spacial score (nSPS) is 20.3. The molecule has 0 atom stereocenters. The monoisotopic (exact) mass is 460 g/mol. The Labute approximate surface area is 120 Å². The Hall–Kier alpha value is 0.610. The predicted molar refractivity (Wildman–Crippen MR) is 72.5 cm³/mol. The van der Waals surface area contributed by atoms with Crippen LogP contribution in [0, 0.1) is 0 Å². The summed E-state index contributed by atoms with van der Waals surface area (Å²) in [6.45, 7) is 0. The third-order valence-electron chi connectivity index (χ3n) is 2.34. The zero-order chi connectivity index (χ0) is 11.4. The average molecular weight is 464 g/mol. The zero-order valence-corrected chi connectivity index (χ0v) is 13.4. The second kappa shape index (κ2) is 3.55. The fraction of sp³-hybridized carbons (Fsp3) is 0.222. The van der Waals surface area contributed by atoms with E-state index < -0.39 is 12.4 Å². The first-order valence-electron chi connectivity index (χ1n) is 3.92. The lowest BCUT2D eigenvalue weighted by Crippen LogP contribution is -2.41. The van der Waals surface area contributed by atoms with E-state index in [0.717, 1.165) is 11.1 Å². The second-order valence-electron chi connectivity index (χ2n) is 3.21. The molecule has 0 radical (unpaired) electrons. The van der Waals surface area contributed by atoms with Gasteiger partial charge < -0.3 is 5.11 Å².